The molecule has 0 amide bonds. The molecule has 2 aromatic rings. The van der Waals surface area contributed by atoms with E-state index in [1.54, 1.807) is 45.3 Å². The molecular weight excluding hydrogens is 260 g/mol. The van der Waals surface area contributed by atoms with Gasteiger partial charge in [-0.3, -0.25) is 4.98 Å². The van der Waals surface area contributed by atoms with Gasteiger partial charge in [-0.1, -0.05) is 0 Å². The molecule has 0 aliphatic carbocycles. The van der Waals surface area contributed by atoms with Crippen molar-refractivity contribution in [3.05, 3.63) is 30.2 Å². The predicted molar refractivity (Wildman–Crippen MR) is 72.7 cm³/mol. The average Bonchev–Trinajstić information content (AvgIpc) is 2.75. The van der Waals surface area contributed by atoms with Crippen LogP contribution < -0.4 is 0 Å². The SMILES string of the molecule is COC(=O)c1cc2cnccc2n1C(=O)OC(C)(C)C. The second kappa shape index (κ2) is 4.96. The number of hydrogen-bond acceptors (Lipinski definition) is 5. The minimum Gasteiger partial charge on any atom is -0.464 e. The lowest BCUT2D eigenvalue weighted by molar-refractivity contribution is 0.0489. The second-order valence-corrected chi connectivity index (χ2v) is 5.27. The molecule has 0 N–H and O–H groups in total. The summed E-state index contributed by atoms with van der Waals surface area (Å²) in [6.07, 6.45) is 2.49. The molecule has 0 spiro atoms. The molecule has 20 heavy (non-hydrogen) atoms. The van der Waals surface area contributed by atoms with Crippen molar-refractivity contribution in [3.63, 3.8) is 0 Å². The van der Waals surface area contributed by atoms with Gasteiger partial charge in [0.05, 0.1) is 12.6 Å². The van der Waals surface area contributed by atoms with Gasteiger partial charge in [-0.2, -0.15) is 0 Å². The van der Waals surface area contributed by atoms with Crippen LogP contribution in [0.2, 0.25) is 0 Å². The van der Waals surface area contributed by atoms with E-state index >= 15 is 0 Å². The third-order valence-electron chi connectivity index (χ3n) is 2.57. The van der Waals surface area contributed by atoms with E-state index in [0.717, 1.165) is 0 Å². The Balaban J connectivity index is 2.59. The van der Waals surface area contributed by atoms with Crippen LogP contribution >= 0.6 is 0 Å². The molecule has 0 aliphatic rings. The number of pyridine rings is 1. The van der Waals surface area contributed by atoms with Crippen molar-refractivity contribution >= 4 is 23.0 Å². The monoisotopic (exact) mass is 276 g/mol. The minimum absolute atomic E-state index is 0.116. The number of aromatic nitrogens is 2. The van der Waals surface area contributed by atoms with E-state index in [0.29, 0.717) is 10.9 Å². The van der Waals surface area contributed by atoms with Crippen molar-refractivity contribution in [2.75, 3.05) is 7.11 Å². The summed E-state index contributed by atoms with van der Waals surface area (Å²) in [6, 6.07) is 3.20. The van der Waals surface area contributed by atoms with Gasteiger partial charge in [0.2, 0.25) is 0 Å². The van der Waals surface area contributed by atoms with Crippen molar-refractivity contribution in [1.82, 2.24) is 9.55 Å². The fraction of sp³-hybridized carbons (Fsp3) is 0.357. The van der Waals surface area contributed by atoms with Crippen LogP contribution in [0.3, 0.4) is 0 Å². The zero-order chi connectivity index (χ0) is 14.9. The number of esters is 1. The maximum Gasteiger partial charge on any atom is 0.419 e. The highest BCUT2D eigenvalue weighted by atomic mass is 16.6. The van der Waals surface area contributed by atoms with E-state index in [1.807, 2.05) is 0 Å². The minimum atomic E-state index is -0.659. The van der Waals surface area contributed by atoms with Gasteiger partial charge in [0.25, 0.3) is 0 Å². The van der Waals surface area contributed by atoms with Gasteiger partial charge in [0.15, 0.2) is 0 Å². The van der Waals surface area contributed by atoms with Gasteiger partial charge in [-0.05, 0) is 32.9 Å². The van der Waals surface area contributed by atoms with Crippen LogP contribution in [0.4, 0.5) is 4.79 Å². The van der Waals surface area contributed by atoms with Crippen molar-refractivity contribution < 1.29 is 19.1 Å². The number of rotatable bonds is 1. The Labute approximate surface area is 116 Å². The summed E-state index contributed by atoms with van der Waals surface area (Å²) < 4.78 is 11.2. The molecule has 106 valence electrons. The van der Waals surface area contributed by atoms with Gasteiger partial charge < -0.3 is 9.47 Å². The van der Waals surface area contributed by atoms with E-state index in [2.05, 4.69) is 4.98 Å². The predicted octanol–water partition coefficient (Wildman–Crippen LogP) is 2.61. The lowest BCUT2D eigenvalue weighted by atomic mass is 10.2. The first-order chi connectivity index (χ1) is 9.33. The molecule has 0 bridgehead atoms. The van der Waals surface area contributed by atoms with Crippen LogP contribution in [0, 0.1) is 0 Å². The summed E-state index contributed by atoms with van der Waals surface area (Å²) in [5.74, 6) is -0.605. The molecule has 0 saturated carbocycles. The topological polar surface area (TPSA) is 70.4 Å². The highest BCUT2D eigenvalue weighted by Gasteiger charge is 2.25. The van der Waals surface area contributed by atoms with Crippen LogP contribution in [0.15, 0.2) is 24.5 Å². The van der Waals surface area contributed by atoms with E-state index in [-0.39, 0.29) is 5.69 Å². The van der Waals surface area contributed by atoms with E-state index < -0.39 is 17.7 Å². The zero-order valence-electron chi connectivity index (χ0n) is 11.8. The Bertz CT molecular complexity index is 667. The number of carbonyl (C=O) groups is 2. The molecule has 0 fully saturated rings. The summed E-state index contributed by atoms with van der Waals surface area (Å²) >= 11 is 0. The van der Waals surface area contributed by atoms with E-state index in [4.69, 9.17) is 9.47 Å². The van der Waals surface area contributed by atoms with Gasteiger partial charge in [0.1, 0.15) is 11.3 Å². The fourth-order valence-electron chi connectivity index (χ4n) is 1.81. The number of hydrogen-bond donors (Lipinski definition) is 0. The molecular formula is C14H16N2O4. The third-order valence-corrected chi connectivity index (χ3v) is 2.57. The van der Waals surface area contributed by atoms with Crippen LogP contribution in [0.5, 0.6) is 0 Å². The van der Waals surface area contributed by atoms with Crippen molar-refractivity contribution in [1.29, 1.82) is 0 Å². The number of nitrogens with zero attached hydrogens (tertiary/aromatic N) is 2. The normalized spacial score (nSPS) is 11.4. The lowest BCUT2D eigenvalue weighted by Crippen LogP contribution is -2.29. The average molecular weight is 276 g/mol. The fourth-order valence-corrected chi connectivity index (χ4v) is 1.81. The number of methoxy groups -OCH3 is 1. The standard InChI is InChI=1S/C14H16N2O4/c1-14(2,3)20-13(18)16-10-5-6-15-8-9(10)7-11(16)12(17)19-4/h5-8H,1-4H3. The van der Waals surface area contributed by atoms with Crippen molar-refractivity contribution in [2.24, 2.45) is 0 Å². The number of ether oxygens (including phenoxy) is 2. The first-order valence-corrected chi connectivity index (χ1v) is 6.10. The Kier molecular flexibility index (Phi) is 3.48. The molecule has 0 unspecified atom stereocenters. The Hall–Kier alpha value is -2.37. The molecule has 0 aliphatic heterocycles. The summed E-state index contributed by atoms with van der Waals surface area (Å²) in [5.41, 5.74) is 0.00748. The first kappa shape index (κ1) is 14.0. The lowest BCUT2D eigenvalue weighted by Gasteiger charge is -2.20. The van der Waals surface area contributed by atoms with Crippen LogP contribution in [0.25, 0.3) is 10.9 Å². The quantitative estimate of drug-likeness (QED) is 0.749. The zero-order valence-corrected chi connectivity index (χ0v) is 11.8. The van der Waals surface area contributed by atoms with E-state index in [1.165, 1.54) is 11.7 Å². The largest absolute Gasteiger partial charge is 0.464 e. The van der Waals surface area contributed by atoms with Crippen LogP contribution in [-0.2, 0) is 9.47 Å². The highest BCUT2D eigenvalue weighted by molar-refractivity contribution is 6.01. The third kappa shape index (κ3) is 2.64. The molecule has 2 aromatic heterocycles. The van der Waals surface area contributed by atoms with Gasteiger partial charge in [0, 0.05) is 17.8 Å². The second-order valence-electron chi connectivity index (χ2n) is 5.27. The molecule has 0 saturated heterocycles. The van der Waals surface area contributed by atoms with Gasteiger partial charge in [-0.15, -0.1) is 0 Å². The van der Waals surface area contributed by atoms with Gasteiger partial charge in [-0.25, -0.2) is 14.2 Å². The van der Waals surface area contributed by atoms with Crippen LogP contribution in [0.1, 0.15) is 31.3 Å². The first-order valence-electron chi connectivity index (χ1n) is 6.10. The molecule has 0 aromatic carbocycles. The summed E-state index contributed by atoms with van der Waals surface area (Å²) in [6.45, 7) is 5.28. The van der Waals surface area contributed by atoms with Crippen LogP contribution in [-0.4, -0.2) is 34.3 Å². The Morgan fingerprint density at radius 2 is 2.00 bits per heavy atom. The van der Waals surface area contributed by atoms with E-state index in [9.17, 15) is 9.59 Å². The maximum atomic E-state index is 12.3. The summed E-state index contributed by atoms with van der Waals surface area (Å²) in [5, 5.41) is 0.666. The highest BCUT2D eigenvalue weighted by Crippen LogP contribution is 2.21. The Morgan fingerprint density at radius 3 is 2.60 bits per heavy atom. The maximum absolute atomic E-state index is 12.3. The van der Waals surface area contributed by atoms with Crippen molar-refractivity contribution in [3.8, 4) is 0 Å². The Morgan fingerprint density at radius 1 is 1.30 bits per heavy atom. The molecule has 2 rings (SSSR count). The van der Waals surface area contributed by atoms with Gasteiger partial charge >= 0.3 is 12.1 Å². The number of fused-ring (bicyclic) bond motifs is 1. The molecule has 2 heterocycles. The molecule has 6 heteroatoms. The summed E-state index contributed by atoms with van der Waals surface area (Å²) in [4.78, 5) is 28.1. The summed E-state index contributed by atoms with van der Waals surface area (Å²) in [7, 11) is 1.26. The molecule has 0 atom stereocenters. The van der Waals surface area contributed by atoms with Crippen molar-refractivity contribution in [2.45, 2.75) is 26.4 Å². The molecule has 0 radical (unpaired) electrons. The number of carbonyl (C=O) groups excluding carboxylic acids is 2. The molecule has 6 nitrogen and oxygen atoms in total. The smallest absolute Gasteiger partial charge is 0.419 e.